The third-order valence-corrected chi connectivity index (χ3v) is 7.03. The molecule has 156 valence electrons. The Morgan fingerprint density at radius 2 is 1.76 bits per heavy atom. The Morgan fingerprint density at radius 3 is 2.34 bits per heavy atom. The van der Waals surface area contributed by atoms with E-state index in [1.54, 1.807) is 48.6 Å². The van der Waals surface area contributed by atoms with Crippen LogP contribution in [0.1, 0.15) is 25.3 Å². The van der Waals surface area contributed by atoms with Gasteiger partial charge in [-0.05, 0) is 61.7 Å². The lowest BCUT2D eigenvalue weighted by Crippen LogP contribution is -2.43. The Morgan fingerprint density at radius 1 is 1.14 bits per heavy atom. The number of ether oxygens (including phenoxy) is 1. The van der Waals surface area contributed by atoms with Gasteiger partial charge in [-0.1, -0.05) is 0 Å². The molecule has 0 spiro atoms. The van der Waals surface area contributed by atoms with Crippen LogP contribution >= 0.6 is 0 Å². The molecule has 0 radical (unpaired) electrons. The van der Waals surface area contributed by atoms with Crippen molar-refractivity contribution in [1.82, 2.24) is 14.2 Å². The van der Waals surface area contributed by atoms with Crippen LogP contribution < -0.4 is 4.74 Å². The van der Waals surface area contributed by atoms with Gasteiger partial charge in [-0.2, -0.15) is 4.31 Å². The molecule has 2 heterocycles. The van der Waals surface area contributed by atoms with Gasteiger partial charge < -0.3 is 9.64 Å². The van der Waals surface area contributed by atoms with Gasteiger partial charge in [0.2, 0.25) is 15.9 Å². The van der Waals surface area contributed by atoms with Gasteiger partial charge in [0.05, 0.1) is 11.5 Å². The molecular weight excluding hydrogens is 390 g/mol. The number of aromatic nitrogens is 1. The first-order valence-electron chi connectivity index (χ1n) is 9.78. The van der Waals surface area contributed by atoms with E-state index in [1.165, 1.54) is 4.31 Å². The van der Waals surface area contributed by atoms with Gasteiger partial charge in [0.15, 0.2) is 0 Å². The Hall–Kier alpha value is -2.45. The Balaban J connectivity index is 1.58. The quantitative estimate of drug-likeness (QED) is 0.692. The molecule has 2 aromatic rings. The maximum atomic E-state index is 12.9. The average molecular weight is 418 g/mol. The zero-order valence-electron chi connectivity index (χ0n) is 16.8. The molecule has 1 aliphatic heterocycles. The molecule has 1 saturated heterocycles. The van der Waals surface area contributed by atoms with E-state index in [1.807, 2.05) is 19.1 Å². The SMILES string of the molecule is CCOc1ccc(S(=O)(=O)N2CCC(C(=O)N(C)Cc3ccncc3)CC2)cc1. The number of benzene rings is 1. The number of amides is 1. The van der Waals surface area contributed by atoms with E-state index in [9.17, 15) is 13.2 Å². The van der Waals surface area contributed by atoms with Gasteiger partial charge in [-0.25, -0.2) is 8.42 Å². The maximum Gasteiger partial charge on any atom is 0.243 e. The largest absolute Gasteiger partial charge is 0.494 e. The van der Waals surface area contributed by atoms with E-state index >= 15 is 0 Å². The second-order valence-corrected chi connectivity index (χ2v) is 9.07. The molecular formula is C21H27N3O4S. The van der Waals surface area contributed by atoms with Crippen LogP contribution in [0.25, 0.3) is 0 Å². The maximum absolute atomic E-state index is 12.9. The Labute approximate surface area is 172 Å². The highest BCUT2D eigenvalue weighted by Crippen LogP contribution is 2.26. The predicted octanol–water partition coefficient (Wildman–Crippen LogP) is 2.54. The molecule has 1 aromatic carbocycles. The predicted molar refractivity (Wildman–Crippen MR) is 110 cm³/mol. The van der Waals surface area contributed by atoms with Crippen LogP contribution in [-0.2, 0) is 21.4 Å². The molecule has 8 heteroatoms. The summed E-state index contributed by atoms with van der Waals surface area (Å²) in [6.07, 6.45) is 4.46. The molecule has 0 atom stereocenters. The standard InChI is InChI=1S/C21H27N3O4S/c1-3-28-19-4-6-20(7-5-19)29(26,27)24-14-10-18(11-15-24)21(25)23(2)16-17-8-12-22-13-9-17/h4-9,12-13,18H,3,10-11,14-16H2,1-2H3. The van der Waals surface area contributed by atoms with Gasteiger partial charge in [0.1, 0.15) is 5.75 Å². The molecule has 1 fully saturated rings. The second-order valence-electron chi connectivity index (χ2n) is 7.13. The van der Waals surface area contributed by atoms with Crippen molar-refractivity contribution in [2.24, 2.45) is 5.92 Å². The monoisotopic (exact) mass is 417 g/mol. The van der Waals surface area contributed by atoms with Gasteiger partial charge in [0.25, 0.3) is 0 Å². The molecule has 1 aliphatic rings. The van der Waals surface area contributed by atoms with Crippen molar-refractivity contribution < 1.29 is 17.9 Å². The van der Waals surface area contributed by atoms with E-state index in [0.29, 0.717) is 44.8 Å². The molecule has 1 amide bonds. The zero-order valence-corrected chi connectivity index (χ0v) is 17.6. The average Bonchev–Trinajstić information content (AvgIpc) is 2.74. The first kappa shape index (κ1) is 21.3. The summed E-state index contributed by atoms with van der Waals surface area (Å²) in [6, 6.07) is 10.2. The number of piperidine rings is 1. The third-order valence-electron chi connectivity index (χ3n) is 5.12. The van der Waals surface area contributed by atoms with E-state index in [0.717, 1.165) is 5.56 Å². The summed E-state index contributed by atoms with van der Waals surface area (Å²) in [5, 5.41) is 0. The van der Waals surface area contributed by atoms with Crippen molar-refractivity contribution in [3.8, 4) is 5.75 Å². The number of hydrogen-bond acceptors (Lipinski definition) is 5. The van der Waals surface area contributed by atoms with Gasteiger partial charge >= 0.3 is 0 Å². The van der Waals surface area contributed by atoms with Crippen molar-refractivity contribution >= 4 is 15.9 Å². The van der Waals surface area contributed by atoms with Crippen LogP contribution in [0.3, 0.4) is 0 Å². The molecule has 0 saturated carbocycles. The molecule has 0 N–H and O–H groups in total. The van der Waals surface area contributed by atoms with Crippen LogP contribution in [0.2, 0.25) is 0 Å². The number of sulfonamides is 1. The van der Waals surface area contributed by atoms with Crippen LogP contribution in [0.4, 0.5) is 0 Å². The third kappa shape index (κ3) is 5.13. The fraction of sp³-hybridized carbons (Fsp3) is 0.429. The van der Waals surface area contributed by atoms with Crippen LogP contribution in [0, 0.1) is 5.92 Å². The van der Waals surface area contributed by atoms with Crippen molar-refractivity contribution in [2.45, 2.75) is 31.2 Å². The topological polar surface area (TPSA) is 79.8 Å². The molecule has 0 unspecified atom stereocenters. The minimum atomic E-state index is -3.57. The van der Waals surface area contributed by atoms with E-state index in [4.69, 9.17) is 4.74 Å². The second kappa shape index (κ2) is 9.37. The fourth-order valence-electron chi connectivity index (χ4n) is 3.52. The summed E-state index contributed by atoms with van der Waals surface area (Å²) in [7, 11) is -1.78. The van der Waals surface area contributed by atoms with Crippen LogP contribution in [0.5, 0.6) is 5.75 Å². The lowest BCUT2D eigenvalue weighted by atomic mass is 9.96. The summed E-state index contributed by atoms with van der Waals surface area (Å²) >= 11 is 0. The normalized spacial score (nSPS) is 15.8. The minimum absolute atomic E-state index is 0.0555. The van der Waals surface area contributed by atoms with Gasteiger partial charge in [0, 0.05) is 45.0 Å². The van der Waals surface area contributed by atoms with Crippen molar-refractivity contribution in [2.75, 3.05) is 26.7 Å². The first-order chi connectivity index (χ1) is 13.9. The summed E-state index contributed by atoms with van der Waals surface area (Å²) in [6.45, 7) is 3.62. The van der Waals surface area contributed by atoms with Crippen LogP contribution in [-0.4, -0.2) is 55.3 Å². The molecule has 0 aliphatic carbocycles. The molecule has 7 nitrogen and oxygen atoms in total. The van der Waals surface area contributed by atoms with Crippen molar-refractivity contribution in [1.29, 1.82) is 0 Å². The Bertz CT molecular complexity index is 909. The van der Waals surface area contributed by atoms with E-state index < -0.39 is 10.0 Å². The number of carbonyl (C=O) groups excluding carboxylic acids is 1. The summed E-state index contributed by atoms with van der Waals surface area (Å²) in [4.78, 5) is 18.7. The zero-order chi connectivity index (χ0) is 20.9. The smallest absolute Gasteiger partial charge is 0.243 e. The number of hydrogen-bond donors (Lipinski definition) is 0. The molecule has 29 heavy (non-hydrogen) atoms. The number of nitrogens with zero attached hydrogens (tertiary/aromatic N) is 3. The van der Waals surface area contributed by atoms with Gasteiger partial charge in [-0.3, -0.25) is 9.78 Å². The lowest BCUT2D eigenvalue weighted by Gasteiger charge is -2.32. The van der Waals surface area contributed by atoms with Crippen molar-refractivity contribution in [3.63, 3.8) is 0 Å². The lowest BCUT2D eigenvalue weighted by molar-refractivity contribution is -0.135. The first-order valence-corrected chi connectivity index (χ1v) is 11.2. The highest BCUT2D eigenvalue weighted by atomic mass is 32.2. The van der Waals surface area contributed by atoms with Crippen molar-refractivity contribution in [3.05, 3.63) is 54.4 Å². The van der Waals surface area contributed by atoms with E-state index in [2.05, 4.69) is 4.98 Å². The summed E-state index contributed by atoms with van der Waals surface area (Å²) < 4.78 is 32.6. The summed E-state index contributed by atoms with van der Waals surface area (Å²) in [5.41, 5.74) is 1.02. The highest BCUT2D eigenvalue weighted by molar-refractivity contribution is 7.89. The minimum Gasteiger partial charge on any atom is -0.494 e. The Kier molecular flexibility index (Phi) is 6.87. The van der Waals surface area contributed by atoms with Gasteiger partial charge in [-0.15, -0.1) is 0 Å². The number of carbonyl (C=O) groups is 1. The molecule has 0 bridgehead atoms. The van der Waals surface area contributed by atoms with E-state index in [-0.39, 0.29) is 16.7 Å². The fourth-order valence-corrected chi connectivity index (χ4v) is 4.99. The van der Waals surface area contributed by atoms with Crippen LogP contribution in [0.15, 0.2) is 53.7 Å². The molecule has 3 rings (SSSR count). The molecule has 1 aromatic heterocycles. The number of pyridine rings is 1. The number of rotatable bonds is 7. The highest BCUT2D eigenvalue weighted by Gasteiger charge is 2.33. The summed E-state index contributed by atoms with van der Waals surface area (Å²) in [5.74, 6) is 0.543.